The van der Waals surface area contributed by atoms with Gasteiger partial charge in [-0.05, 0) is 5.92 Å². The number of hydrogen-bond acceptors (Lipinski definition) is 4. The van der Waals surface area contributed by atoms with E-state index in [4.69, 9.17) is 6.11 Å². The maximum Gasteiger partial charge on any atom is 0.106 e. The van der Waals surface area contributed by atoms with E-state index >= 15 is 0 Å². The fourth-order valence-electron chi connectivity index (χ4n) is 1.36. The predicted molar refractivity (Wildman–Crippen MR) is 40.0 cm³/mol. The Bertz CT molecular complexity index is 164. The Kier molecular flexibility index (Phi) is 2.94. The Morgan fingerprint density at radius 3 is 2.92 bits per heavy atom. The molecule has 1 rings (SSSR count). The van der Waals surface area contributed by atoms with Gasteiger partial charge in [-0.15, -0.1) is 0 Å². The molecule has 4 heteroatoms. The Morgan fingerprint density at radius 1 is 1.83 bits per heavy atom. The van der Waals surface area contributed by atoms with Crippen LogP contribution in [0, 0.1) is 11.8 Å². The van der Waals surface area contributed by atoms with E-state index in [1.165, 1.54) is 0 Å². The largest absolute Gasteiger partial charge is 0.723 e. The molecule has 0 bridgehead atoms. The van der Waals surface area contributed by atoms with Crippen molar-refractivity contribution >= 4 is 0 Å². The third-order valence-electron chi connectivity index (χ3n) is 2.19. The summed E-state index contributed by atoms with van der Waals surface area (Å²) < 4.78 is 12.6. The van der Waals surface area contributed by atoms with Crippen LogP contribution in [-0.4, -0.2) is 30.5 Å². The van der Waals surface area contributed by atoms with Crippen molar-refractivity contribution in [1.29, 1.82) is 0 Å². The molecule has 4 atom stereocenters. The van der Waals surface area contributed by atoms with E-state index in [0.717, 1.165) is 0 Å². The average Bonchev–Trinajstić information content (AvgIpc) is 2.28. The van der Waals surface area contributed by atoms with Gasteiger partial charge in [0, 0.05) is 5.92 Å². The summed E-state index contributed by atoms with van der Waals surface area (Å²) in [5, 5.41) is 19.5. The lowest BCUT2D eigenvalue weighted by molar-refractivity contribution is -0.691. The summed E-state index contributed by atoms with van der Waals surface area (Å²) in [5.74, 6) is -0.0747. The van der Waals surface area contributed by atoms with Crippen LogP contribution in [-0.2, 0) is 9.62 Å². The molecule has 1 aliphatic heterocycles. The van der Waals surface area contributed by atoms with E-state index in [2.05, 4.69) is 4.89 Å². The first kappa shape index (κ1) is 8.44. The zero-order valence-corrected chi connectivity index (χ0v) is 7.27. The molecule has 1 fully saturated rings. The Morgan fingerprint density at radius 2 is 2.50 bits per heavy atom. The van der Waals surface area contributed by atoms with Crippen LogP contribution in [0.5, 0.6) is 0 Å². The van der Waals surface area contributed by atoms with Crippen molar-refractivity contribution in [3.05, 3.63) is 0 Å². The molecular formula is C8H15O4-. The van der Waals surface area contributed by atoms with Gasteiger partial charge < -0.3 is 20.0 Å². The first-order valence-electron chi connectivity index (χ1n) is 4.66. The van der Waals surface area contributed by atoms with Crippen molar-refractivity contribution in [3.8, 4) is 0 Å². The van der Waals surface area contributed by atoms with Crippen LogP contribution >= 0.6 is 0 Å². The first-order valence-corrected chi connectivity index (χ1v) is 4.08. The molecule has 72 valence electrons. The van der Waals surface area contributed by atoms with E-state index < -0.39 is 18.8 Å². The summed E-state index contributed by atoms with van der Waals surface area (Å²) >= 11 is 0. The van der Waals surface area contributed by atoms with Crippen molar-refractivity contribution in [2.24, 2.45) is 11.8 Å². The van der Waals surface area contributed by atoms with Gasteiger partial charge >= 0.3 is 0 Å². The number of rotatable bonds is 3. The molecule has 0 amide bonds. The quantitative estimate of drug-likeness (QED) is 0.458. The SMILES string of the molecule is [3H][C@@H]1O[C@H](CO[O-])[C@@H](O)[C@H]1C(C)C. The molecule has 1 N–H and O–H groups in total. The Balaban J connectivity index is 2.58. The molecule has 0 aromatic carbocycles. The fraction of sp³-hybridized carbons (Fsp3) is 1.00. The minimum Gasteiger partial charge on any atom is -0.723 e. The monoisotopic (exact) mass is 177 g/mol. The van der Waals surface area contributed by atoms with Crippen molar-refractivity contribution in [2.75, 3.05) is 13.2 Å². The third-order valence-corrected chi connectivity index (χ3v) is 2.19. The zero-order valence-electron chi connectivity index (χ0n) is 8.27. The van der Waals surface area contributed by atoms with E-state index in [0.29, 0.717) is 0 Å². The third kappa shape index (κ3) is 1.95. The van der Waals surface area contributed by atoms with Gasteiger partial charge in [-0.3, -0.25) is 0 Å². The second-order valence-electron chi connectivity index (χ2n) is 3.41. The average molecular weight is 177 g/mol. The highest BCUT2D eigenvalue weighted by Gasteiger charge is 2.36. The lowest BCUT2D eigenvalue weighted by Gasteiger charge is -2.20. The number of aliphatic hydroxyl groups excluding tert-OH is 1. The van der Waals surface area contributed by atoms with Gasteiger partial charge in [0.2, 0.25) is 0 Å². The van der Waals surface area contributed by atoms with E-state index in [-0.39, 0.29) is 18.4 Å². The molecular weight excluding hydrogens is 160 g/mol. The van der Waals surface area contributed by atoms with E-state index in [1.54, 1.807) is 0 Å². The van der Waals surface area contributed by atoms with Crippen LogP contribution in [0.2, 0.25) is 0 Å². The van der Waals surface area contributed by atoms with Gasteiger partial charge in [-0.1, -0.05) is 13.8 Å². The number of aliphatic hydroxyl groups is 1. The highest BCUT2D eigenvalue weighted by atomic mass is 17.1. The van der Waals surface area contributed by atoms with Gasteiger partial charge in [0.05, 0.1) is 20.7 Å². The molecule has 12 heavy (non-hydrogen) atoms. The molecule has 0 saturated carbocycles. The second-order valence-corrected chi connectivity index (χ2v) is 3.41. The molecule has 0 aromatic rings. The standard InChI is InChI=1S/C8H16O4/c1-5(2)6-3-11-7(4-12-10)8(6)9/h5-10H,3-4H2,1-2H3/p-1/t6-,7-,8+/m1/s1/i3T/t3-,6+,7+,8-/m0. The van der Waals surface area contributed by atoms with Gasteiger partial charge in [0.25, 0.3) is 0 Å². The summed E-state index contributed by atoms with van der Waals surface area (Å²) in [5.41, 5.74) is 0. The van der Waals surface area contributed by atoms with Gasteiger partial charge in [0.15, 0.2) is 0 Å². The maximum absolute atomic E-state index is 9.86. The molecule has 1 heterocycles. The smallest absolute Gasteiger partial charge is 0.106 e. The van der Waals surface area contributed by atoms with Gasteiger partial charge in [-0.2, -0.15) is 0 Å². The summed E-state index contributed by atoms with van der Waals surface area (Å²) in [6.07, 6.45) is -1.41. The van der Waals surface area contributed by atoms with Crippen molar-refractivity contribution in [1.82, 2.24) is 0 Å². The highest BCUT2D eigenvalue weighted by molar-refractivity contribution is 4.84. The maximum atomic E-state index is 9.86. The van der Waals surface area contributed by atoms with Crippen LogP contribution in [0.1, 0.15) is 15.2 Å². The summed E-state index contributed by atoms with van der Waals surface area (Å²) in [4.78, 5) is 3.65. The first-order chi connectivity index (χ1) is 6.07. The van der Waals surface area contributed by atoms with Crippen LogP contribution in [0.15, 0.2) is 0 Å². The van der Waals surface area contributed by atoms with Crippen LogP contribution in [0.4, 0.5) is 0 Å². The molecule has 0 aliphatic carbocycles. The number of ether oxygens (including phenoxy) is 1. The highest BCUT2D eigenvalue weighted by Crippen LogP contribution is 2.26. The molecule has 4 nitrogen and oxygen atoms in total. The molecule has 0 aromatic heterocycles. The molecule has 0 unspecified atom stereocenters. The normalized spacial score (nSPS) is 43.6. The van der Waals surface area contributed by atoms with Crippen LogP contribution < -0.4 is 5.26 Å². The molecule has 0 radical (unpaired) electrons. The predicted octanol–water partition coefficient (Wildman–Crippen LogP) is -0.690. The summed E-state index contributed by atoms with van der Waals surface area (Å²) in [6, 6.07) is 0. The van der Waals surface area contributed by atoms with Crippen LogP contribution in [0.3, 0.4) is 0 Å². The van der Waals surface area contributed by atoms with Gasteiger partial charge in [-0.25, -0.2) is 0 Å². The van der Waals surface area contributed by atoms with E-state index in [1.807, 2.05) is 13.8 Å². The number of hydrogen-bond donors (Lipinski definition) is 1. The van der Waals surface area contributed by atoms with Crippen molar-refractivity contribution in [2.45, 2.75) is 26.1 Å². The lowest BCUT2D eigenvalue weighted by Crippen LogP contribution is -2.33. The Labute approximate surface area is 73.4 Å². The summed E-state index contributed by atoms with van der Waals surface area (Å²) in [6.45, 7) is 2.88. The van der Waals surface area contributed by atoms with Crippen LogP contribution in [0.25, 0.3) is 0 Å². The molecule has 1 aliphatic rings. The fourth-order valence-corrected chi connectivity index (χ4v) is 1.36. The molecule has 0 spiro atoms. The second kappa shape index (κ2) is 4.18. The zero-order chi connectivity index (χ0) is 10.0. The van der Waals surface area contributed by atoms with Crippen molar-refractivity contribution in [3.63, 3.8) is 0 Å². The molecule has 1 saturated heterocycles. The Hall–Kier alpha value is -0.160. The van der Waals surface area contributed by atoms with E-state index in [9.17, 15) is 10.4 Å². The lowest BCUT2D eigenvalue weighted by atomic mass is 9.91. The minimum absolute atomic E-state index is 0.161. The summed E-state index contributed by atoms with van der Waals surface area (Å²) in [7, 11) is 0. The minimum atomic E-state index is -0.767. The topological polar surface area (TPSA) is 61.8 Å². The van der Waals surface area contributed by atoms with Gasteiger partial charge in [0.1, 0.15) is 6.10 Å². The van der Waals surface area contributed by atoms with Crippen molar-refractivity contribution < 1.29 is 21.4 Å².